The first-order valence-corrected chi connectivity index (χ1v) is 9.42. The summed E-state index contributed by atoms with van der Waals surface area (Å²) in [5.41, 5.74) is 1.03. The van der Waals surface area contributed by atoms with E-state index in [1.807, 2.05) is 0 Å². The third-order valence-corrected chi connectivity index (χ3v) is 5.05. The Hall–Kier alpha value is -1.86. The standard InChI is InChI=1S/C17H16BrFO4S/c1-22-16-9-14(19)10-17(23-2)15(16)7-8-24(20,21)11-12-3-5-13(18)6-4-12/h3-10H,11H2,1-2H3/b8-7+. The fourth-order valence-corrected chi connectivity index (χ4v) is 3.46. The van der Waals surface area contributed by atoms with Crippen molar-refractivity contribution >= 4 is 31.8 Å². The summed E-state index contributed by atoms with van der Waals surface area (Å²) in [5.74, 6) is -0.273. The molecule has 0 aliphatic rings. The van der Waals surface area contributed by atoms with Gasteiger partial charge in [-0.05, 0) is 23.8 Å². The minimum absolute atomic E-state index is 0.136. The summed E-state index contributed by atoms with van der Waals surface area (Å²) in [6.45, 7) is 0. The molecule has 2 aromatic rings. The second-order valence-corrected chi connectivity index (χ2v) is 7.76. The van der Waals surface area contributed by atoms with Gasteiger partial charge in [0.05, 0.1) is 25.5 Å². The van der Waals surface area contributed by atoms with Crippen LogP contribution in [0.15, 0.2) is 46.3 Å². The van der Waals surface area contributed by atoms with E-state index in [0.29, 0.717) is 11.1 Å². The number of sulfone groups is 1. The van der Waals surface area contributed by atoms with Crippen LogP contribution in [0.2, 0.25) is 0 Å². The molecule has 4 nitrogen and oxygen atoms in total. The molecular formula is C17H16BrFO4S. The molecule has 0 aliphatic heterocycles. The first-order chi connectivity index (χ1) is 11.3. The minimum atomic E-state index is -3.51. The molecule has 0 saturated carbocycles. The second kappa shape index (κ2) is 7.81. The molecule has 7 heteroatoms. The van der Waals surface area contributed by atoms with Crippen LogP contribution in [-0.2, 0) is 15.6 Å². The van der Waals surface area contributed by atoms with Crippen molar-refractivity contribution in [2.24, 2.45) is 0 Å². The first-order valence-electron chi connectivity index (χ1n) is 6.91. The van der Waals surface area contributed by atoms with Gasteiger partial charge in [0, 0.05) is 22.0 Å². The van der Waals surface area contributed by atoms with Crippen LogP contribution in [0.25, 0.3) is 6.08 Å². The Morgan fingerprint density at radius 2 is 1.62 bits per heavy atom. The maximum Gasteiger partial charge on any atom is 0.175 e. The average molecular weight is 415 g/mol. The minimum Gasteiger partial charge on any atom is -0.496 e. The van der Waals surface area contributed by atoms with Gasteiger partial charge in [-0.1, -0.05) is 28.1 Å². The number of hydrogen-bond donors (Lipinski definition) is 0. The largest absolute Gasteiger partial charge is 0.496 e. The summed E-state index contributed by atoms with van der Waals surface area (Å²) < 4.78 is 49.1. The van der Waals surface area contributed by atoms with Crippen molar-refractivity contribution < 1.29 is 22.3 Å². The van der Waals surface area contributed by atoms with Crippen LogP contribution >= 0.6 is 15.9 Å². The molecule has 0 amide bonds. The van der Waals surface area contributed by atoms with Crippen molar-refractivity contribution in [2.45, 2.75) is 5.75 Å². The van der Waals surface area contributed by atoms with Gasteiger partial charge >= 0.3 is 0 Å². The van der Waals surface area contributed by atoms with E-state index in [1.54, 1.807) is 24.3 Å². The number of benzene rings is 2. The number of hydrogen-bond acceptors (Lipinski definition) is 4. The van der Waals surface area contributed by atoms with Crippen LogP contribution in [-0.4, -0.2) is 22.6 Å². The highest BCUT2D eigenvalue weighted by atomic mass is 79.9. The van der Waals surface area contributed by atoms with Crippen molar-refractivity contribution in [2.75, 3.05) is 14.2 Å². The van der Waals surface area contributed by atoms with Crippen molar-refractivity contribution in [1.29, 1.82) is 0 Å². The molecule has 0 fully saturated rings. The Kier molecular flexibility index (Phi) is 6.01. The van der Waals surface area contributed by atoms with E-state index in [2.05, 4.69) is 15.9 Å². The summed E-state index contributed by atoms with van der Waals surface area (Å²) in [5, 5.41) is 1.08. The fourth-order valence-electron chi connectivity index (χ4n) is 2.10. The average Bonchev–Trinajstić information content (AvgIpc) is 2.54. The van der Waals surface area contributed by atoms with Crippen LogP contribution in [0.5, 0.6) is 11.5 Å². The van der Waals surface area contributed by atoms with E-state index >= 15 is 0 Å². The molecule has 0 aliphatic carbocycles. The van der Waals surface area contributed by atoms with Gasteiger partial charge in [0.15, 0.2) is 9.84 Å². The van der Waals surface area contributed by atoms with Gasteiger partial charge in [-0.25, -0.2) is 12.8 Å². The molecule has 128 valence electrons. The lowest BCUT2D eigenvalue weighted by Crippen LogP contribution is -2.00. The van der Waals surface area contributed by atoms with Gasteiger partial charge in [-0.3, -0.25) is 0 Å². The molecular weight excluding hydrogens is 399 g/mol. The van der Waals surface area contributed by atoms with Gasteiger partial charge in [-0.15, -0.1) is 0 Å². The van der Waals surface area contributed by atoms with E-state index < -0.39 is 15.7 Å². The van der Waals surface area contributed by atoms with Crippen LogP contribution in [0.1, 0.15) is 11.1 Å². The molecule has 0 bridgehead atoms. The number of ether oxygens (including phenoxy) is 2. The van der Waals surface area contributed by atoms with Gasteiger partial charge in [0.25, 0.3) is 0 Å². The predicted octanol–water partition coefficient (Wildman–Crippen LogP) is 4.19. The van der Waals surface area contributed by atoms with Crippen LogP contribution in [0.3, 0.4) is 0 Å². The Bertz CT molecular complexity index is 820. The van der Waals surface area contributed by atoms with E-state index in [4.69, 9.17) is 9.47 Å². The lowest BCUT2D eigenvalue weighted by Gasteiger charge is -2.10. The van der Waals surface area contributed by atoms with Crippen molar-refractivity contribution in [3.63, 3.8) is 0 Å². The SMILES string of the molecule is COc1cc(F)cc(OC)c1/C=C/S(=O)(=O)Cc1ccc(Br)cc1. The summed E-state index contributed by atoms with van der Waals surface area (Å²) in [6, 6.07) is 9.36. The monoisotopic (exact) mass is 414 g/mol. The van der Waals surface area contributed by atoms with Crippen molar-refractivity contribution in [3.8, 4) is 11.5 Å². The molecule has 0 radical (unpaired) electrons. The van der Waals surface area contributed by atoms with E-state index in [1.165, 1.54) is 32.4 Å². The molecule has 0 heterocycles. The molecule has 0 N–H and O–H groups in total. The molecule has 0 unspecified atom stereocenters. The van der Waals surface area contributed by atoms with Crippen LogP contribution in [0, 0.1) is 5.82 Å². The lowest BCUT2D eigenvalue weighted by molar-refractivity contribution is 0.387. The Labute approximate surface area is 149 Å². The van der Waals surface area contributed by atoms with Gasteiger partial charge in [0.2, 0.25) is 0 Å². The van der Waals surface area contributed by atoms with Gasteiger partial charge in [0.1, 0.15) is 17.3 Å². The molecule has 2 rings (SSSR count). The molecule has 0 saturated heterocycles. The maximum absolute atomic E-state index is 13.5. The number of halogens is 2. The van der Waals surface area contributed by atoms with Crippen molar-refractivity contribution in [3.05, 3.63) is 63.2 Å². The highest BCUT2D eigenvalue weighted by Gasteiger charge is 2.13. The Morgan fingerprint density at radius 1 is 1.08 bits per heavy atom. The second-order valence-electron chi connectivity index (χ2n) is 4.96. The molecule has 0 aromatic heterocycles. The highest BCUT2D eigenvalue weighted by Crippen LogP contribution is 2.31. The van der Waals surface area contributed by atoms with E-state index in [9.17, 15) is 12.8 Å². The van der Waals surface area contributed by atoms with Gasteiger partial charge < -0.3 is 9.47 Å². The normalized spacial score (nSPS) is 11.7. The van der Waals surface area contributed by atoms with E-state index in [-0.39, 0.29) is 17.3 Å². The third kappa shape index (κ3) is 4.82. The van der Waals surface area contributed by atoms with Crippen molar-refractivity contribution in [1.82, 2.24) is 0 Å². The Balaban J connectivity index is 2.30. The smallest absolute Gasteiger partial charge is 0.175 e. The molecule has 0 spiro atoms. The predicted molar refractivity (Wildman–Crippen MR) is 95.3 cm³/mol. The summed E-state index contributed by atoms with van der Waals surface area (Å²) in [7, 11) is -0.753. The molecule has 0 atom stereocenters. The third-order valence-electron chi connectivity index (χ3n) is 3.23. The lowest BCUT2D eigenvalue weighted by atomic mass is 10.1. The first kappa shape index (κ1) is 18.5. The molecule has 2 aromatic carbocycles. The van der Waals surface area contributed by atoms with E-state index in [0.717, 1.165) is 9.88 Å². The van der Waals surface area contributed by atoms with Gasteiger partial charge in [-0.2, -0.15) is 0 Å². The number of methoxy groups -OCH3 is 2. The summed E-state index contributed by atoms with van der Waals surface area (Å²) >= 11 is 3.30. The number of rotatable bonds is 6. The van der Waals surface area contributed by atoms with Crippen LogP contribution in [0.4, 0.5) is 4.39 Å². The highest BCUT2D eigenvalue weighted by molar-refractivity contribution is 9.10. The summed E-state index contributed by atoms with van der Waals surface area (Å²) in [4.78, 5) is 0. The maximum atomic E-state index is 13.5. The fraction of sp³-hybridized carbons (Fsp3) is 0.176. The zero-order chi connectivity index (χ0) is 17.7. The molecule has 24 heavy (non-hydrogen) atoms. The van der Waals surface area contributed by atoms with Crippen LogP contribution < -0.4 is 9.47 Å². The topological polar surface area (TPSA) is 52.6 Å². The quantitative estimate of drug-likeness (QED) is 0.710. The Morgan fingerprint density at radius 3 is 2.12 bits per heavy atom. The summed E-state index contributed by atoms with van der Waals surface area (Å²) in [6.07, 6.45) is 1.35. The zero-order valence-corrected chi connectivity index (χ0v) is 15.5. The zero-order valence-electron chi connectivity index (χ0n) is 13.1.